The highest BCUT2D eigenvalue weighted by Gasteiger charge is 2.28. The smallest absolute Gasteiger partial charge is 0.357 e. The van der Waals surface area contributed by atoms with Crippen LogP contribution in [-0.4, -0.2) is 22.5 Å². The second-order valence-electron chi connectivity index (χ2n) is 3.01. The lowest BCUT2D eigenvalue weighted by atomic mass is 10.2. The SMILES string of the molecule is CCOC(=O)c1nc(F)c([N+](=O)[O-])cc1C(F)F. The highest BCUT2D eigenvalue weighted by atomic mass is 19.3. The molecule has 1 aromatic heterocycles. The number of hydrogen-bond donors (Lipinski definition) is 0. The van der Waals surface area contributed by atoms with Gasteiger partial charge in [0, 0.05) is 6.07 Å². The van der Waals surface area contributed by atoms with Gasteiger partial charge in [0.1, 0.15) is 0 Å². The van der Waals surface area contributed by atoms with Crippen molar-refractivity contribution in [3.8, 4) is 0 Å². The molecule has 1 heterocycles. The Balaban J connectivity index is 3.38. The van der Waals surface area contributed by atoms with Crippen molar-refractivity contribution in [3.63, 3.8) is 0 Å². The van der Waals surface area contributed by atoms with Gasteiger partial charge in [0.05, 0.1) is 17.1 Å². The van der Waals surface area contributed by atoms with Gasteiger partial charge in [0.25, 0.3) is 12.4 Å². The number of carbonyl (C=O) groups is 1. The van der Waals surface area contributed by atoms with Gasteiger partial charge in [-0.2, -0.15) is 4.39 Å². The van der Waals surface area contributed by atoms with Gasteiger partial charge in [-0.1, -0.05) is 0 Å². The van der Waals surface area contributed by atoms with Crippen LogP contribution in [0.25, 0.3) is 0 Å². The van der Waals surface area contributed by atoms with Crippen LogP contribution in [0.2, 0.25) is 0 Å². The lowest BCUT2D eigenvalue weighted by Gasteiger charge is -2.07. The van der Waals surface area contributed by atoms with E-state index in [4.69, 9.17) is 0 Å². The standard InChI is InChI=1S/C9H7F3N2O4/c1-2-18-9(15)6-4(7(10)11)3-5(14(16)17)8(12)13-6/h3,7H,2H2,1H3. The van der Waals surface area contributed by atoms with Crippen molar-refractivity contribution < 1.29 is 27.6 Å². The van der Waals surface area contributed by atoms with Crippen LogP contribution in [0.4, 0.5) is 18.9 Å². The van der Waals surface area contributed by atoms with Crippen LogP contribution < -0.4 is 0 Å². The van der Waals surface area contributed by atoms with Gasteiger partial charge in [-0.05, 0) is 6.92 Å². The lowest BCUT2D eigenvalue weighted by molar-refractivity contribution is -0.388. The highest BCUT2D eigenvalue weighted by molar-refractivity contribution is 5.89. The third-order valence-corrected chi connectivity index (χ3v) is 1.89. The molecule has 0 amide bonds. The van der Waals surface area contributed by atoms with E-state index in [1.165, 1.54) is 6.92 Å². The topological polar surface area (TPSA) is 82.3 Å². The molecule has 0 fully saturated rings. The predicted molar refractivity (Wildman–Crippen MR) is 51.8 cm³/mol. The molecule has 0 spiro atoms. The molecule has 0 aliphatic rings. The number of nitro groups is 1. The Hall–Kier alpha value is -2.19. The fraction of sp³-hybridized carbons (Fsp3) is 0.333. The lowest BCUT2D eigenvalue weighted by Crippen LogP contribution is -2.13. The predicted octanol–water partition coefficient (Wildman–Crippen LogP) is 2.24. The molecule has 0 aromatic carbocycles. The average Bonchev–Trinajstić information content (AvgIpc) is 2.27. The zero-order chi connectivity index (χ0) is 13.9. The molecule has 0 N–H and O–H groups in total. The van der Waals surface area contributed by atoms with Gasteiger partial charge >= 0.3 is 11.7 Å². The summed E-state index contributed by atoms with van der Waals surface area (Å²) in [5, 5.41) is 10.4. The van der Waals surface area contributed by atoms with E-state index in [9.17, 15) is 28.1 Å². The molecule has 6 nitrogen and oxygen atoms in total. The summed E-state index contributed by atoms with van der Waals surface area (Å²) in [7, 11) is 0. The number of ether oxygens (including phenoxy) is 1. The molecule has 0 atom stereocenters. The van der Waals surface area contributed by atoms with E-state index in [0.717, 1.165) is 0 Å². The molecular weight excluding hydrogens is 257 g/mol. The van der Waals surface area contributed by atoms with Crippen LogP contribution in [-0.2, 0) is 4.74 Å². The molecule has 0 saturated heterocycles. The van der Waals surface area contributed by atoms with Gasteiger partial charge in [-0.3, -0.25) is 10.1 Å². The van der Waals surface area contributed by atoms with E-state index in [1.54, 1.807) is 0 Å². The zero-order valence-electron chi connectivity index (χ0n) is 9.02. The van der Waals surface area contributed by atoms with Gasteiger partial charge < -0.3 is 4.74 Å². The second kappa shape index (κ2) is 5.43. The number of halogens is 3. The first-order valence-electron chi connectivity index (χ1n) is 4.68. The Morgan fingerprint density at radius 2 is 2.22 bits per heavy atom. The number of alkyl halides is 2. The number of hydrogen-bond acceptors (Lipinski definition) is 5. The first-order valence-corrected chi connectivity index (χ1v) is 4.68. The summed E-state index contributed by atoms with van der Waals surface area (Å²) in [4.78, 5) is 23.3. The van der Waals surface area contributed by atoms with Crippen molar-refractivity contribution in [2.75, 3.05) is 6.61 Å². The van der Waals surface area contributed by atoms with E-state index >= 15 is 0 Å². The maximum Gasteiger partial charge on any atom is 0.357 e. The van der Waals surface area contributed by atoms with Gasteiger partial charge in [-0.15, -0.1) is 0 Å². The summed E-state index contributed by atoms with van der Waals surface area (Å²) < 4.78 is 42.8. The second-order valence-corrected chi connectivity index (χ2v) is 3.01. The monoisotopic (exact) mass is 264 g/mol. The molecule has 0 aliphatic carbocycles. The van der Waals surface area contributed by atoms with Crippen LogP contribution in [0.1, 0.15) is 29.4 Å². The van der Waals surface area contributed by atoms with Crippen molar-refractivity contribution in [1.82, 2.24) is 4.98 Å². The van der Waals surface area contributed by atoms with E-state index in [1.807, 2.05) is 0 Å². The van der Waals surface area contributed by atoms with E-state index in [2.05, 4.69) is 9.72 Å². The van der Waals surface area contributed by atoms with Gasteiger partial charge in [0.15, 0.2) is 5.69 Å². The number of carbonyl (C=O) groups excluding carboxylic acids is 1. The van der Waals surface area contributed by atoms with Crippen molar-refractivity contribution >= 4 is 11.7 Å². The number of aromatic nitrogens is 1. The normalized spacial score (nSPS) is 10.5. The molecule has 0 radical (unpaired) electrons. The molecule has 98 valence electrons. The maximum absolute atomic E-state index is 13.1. The summed E-state index contributed by atoms with van der Waals surface area (Å²) in [5.74, 6) is -2.88. The third kappa shape index (κ3) is 2.73. The Labute approximate surface area is 98.5 Å². The summed E-state index contributed by atoms with van der Waals surface area (Å²) in [6.07, 6.45) is -3.21. The highest BCUT2D eigenvalue weighted by Crippen LogP contribution is 2.27. The van der Waals surface area contributed by atoms with E-state index < -0.39 is 40.2 Å². The zero-order valence-corrected chi connectivity index (χ0v) is 9.02. The van der Waals surface area contributed by atoms with Gasteiger partial charge in [0.2, 0.25) is 0 Å². The minimum absolute atomic E-state index is 0.123. The number of rotatable bonds is 4. The average molecular weight is 264 g/mol. The largest absolute Gasteiger partial charge is 0.461 e. The summed E-state index contributed by atoms with van der Waals surface area (Å²) in [6, 6.07) is 0.277. The fourth-order valence-corrected chi connectivity index (χ4v) is 1.15. The van der Waals surface area contributed by atoms with E-state index in [-0.39, 0.29) is 12.7 Å². The molecule has 18 heavy (non-hydrogen) atoms. The number of pyridine rings is 1. The van der Waals surface area contributed by atoms with Crippen molar-refractivity contribution in [2.45, 2.75) is 13.3 Å². The van der Waals surface area contributed by atoms with E-state index in [0.29, 0.717) is 0 Å². The van der Waals surface area contributed by atoms with Crippen LogP contribution >= 0.6 is 0 Å². The van der Waals surface area contributed by atoms with Crippen molar-refractivity contribution in [3.05, 3.63) is 33.4 Å². The third-order valence-electron chi connectivity index (χ3n) is 1.89. The molecule has 0 saturated carbocycles. The fourth-order valence-electron chi connectivity index (χ4n) is 1.15. The molecule has 9 heteroatoms. The molecule has 0 bridgehead atoms. The van der Waals surface area contributed by atoms with Crippen LogP contribution in [0.15, 0.2) is 6.07 Å². The molecule has 0 aliphatic heterocycles. The van der Waals surface area contributed by atoms with Crippen LogP contribution in [0, 0.1) is 16.1 Å². The van der Waals surface area contributed by atoms with Crippen molar-refractivity contribution in [1.29, 1.82) is 0 Å². The van der Waals surface area contributed by atoms with Crippen LogP contribution in [0.5, 0.6) is 0 Å². The Bertz CT molecular complexity index is 493. The maximum atomic E-state index is 13.1. The molecule has 0 unspecified atom stereocenters. The molecule has 1 rings (SSSR count). The Kier molecular flexibility index (Phi) is 4.18. The molecule has 1 aromatic rings. The molecular formula is C9H7F3N2O4. The minimum Gasteiger partial charge on any atom is -0.461 e. The van der Waals surface area contributed by atoms with Gasteiger partial charge in [-0.25, -0.2) is 18.6 Å². The number of esters is 1. The first-order chi connectivity index (χ1) is 8.38. The summed E-state index contributed by atoms with van der Waals surface area (Å²) >= 11 is 0. The van der Waals surface area contributed by atoms with Crippen LogP contribution in [0.3, 0.4) is 0 Å². The minimum atomic E-state index is -3.21. The summed E-state index contributed by atoms with van der Waals surface area (Å²) in [6.45, 7) is 1.30. The first kappa shape index (κ1) is 13.9. The Morgan fingerprint density at radius 1 is 1.61 bits per heavy atom. The summed E-state index contributed by atoms with van der Waals surface area (Å²) in [5.41, 5.74) is -3.23. The quantitative estimate of drug-likeness (QED) is 0.360. The van der Waals surface area contributed by atoms with Crippen molar-refractivity contribution in [2.24, 2.45) is 0 Å². The Morgan fingerprint density at radius 3 is 2.67 bits per heavy atom. The number of nitrogens with zero attached hydrogens (tertiary/aromatic N) is 2.